The molecule has 0 atom stereocenters. The second-order valence-corrected chi connectivity index (χ2v) is 7.29. The Bertz CT molecular complexity index is 421. The molecule has 1 aliphatic carbocycles. The molecule has 1 fully saturated rings. The standard InChI is InChI=1S/C20H32O/c1-4-5-9-18-10-12-20(15-21,13-11-18)14-19-16(2)7-6-8-17(19)3/h6-8,18,21H,4-5,9-15H2,1-3H3. The molecule has 0 saturated heterocycles. The van der Waals surface area contributed by atoms with E-state index in [0.29, 0.717) is 6.61 Å². The Balaban J connectivity index is 2.03. The molecule has 2 rings (SSSR count). The van der Waals surface area contributed by atoms with Gasteiger partial charge in [-0.1, -0.05) is 44.4 Å². The quantitative estimate of drug-likeness (QED) is 0.762. The van der Waals surface area contributed by atoms with Gasteiger partial charge in [-0.2, -0.15) is 0 Å². The van der Waals surface area contributed by atoms with Crippen LogP contribution in [-0.2, 0) is 6.42 Å². The molecule has 0 aliphatic heterocycles. The second-order valence-electron chi connectivity index (χ2n) is 7.29. The maximum absolute atomic E-state index is 10.0. The van der Waals surface area contributed by atoms with Crippen LogP contribution in [0.2, 0.25) is 0 Å². The highest BCUT2D eigenvalue weighted by atomic mass is 16.3. The smallest absolute Gasteiger partial charge is 0.0490 e. The van der Waals surface area contributed by atoms with Gasteiger partial charge in [0.05, 0.1) is 0 Å². The van der Waals surface area contributed by atoms with Gasteiger partial charge >= 0.3 is 0 Å². The minimum atomic E-state index is 0.138. The predicted molar refractivity (Wildman–Crippen MR) is 90.6 cm³/mol. The Morgan fingerprint density at radius 3 is 2.29 bits per heavy atom. The number of aryl methyl sites for hydroxylation is 2. The topological polar surface area (TPSA) is 20.2 Å². The van der Waals surface area contributed by atoms with Crippen LogP contribution in [0, 0.1) is 25.2 Å². The van der Waals surface area contributed by atoms with Gasteiger partial charge in [0.15, 0.2) is 0 Å². The highest BCUT2D eigenvalue weighted by Gasteiger charge is 2.35. The van der Waals surface area contributed by atoms with Gasteiger partial charge in [0.1, 0.15) is 0 Å². The van der Waals surface area contributed by atoms with Crippen LogP contribution < -0.4 is 0 Å². The predicted octanol–water partition coefficient (Wildman–Crippen LogP) is 5.21. The number of hydrogen-bond donors (Lipinski definition) is 1. The summed E-state index contributed by atoms with van der Waals surface area (Å²) in [5.74, 6) is 0.905. The fourth-order valence-electron chi connectivity index (χ4n) is 3.97. The highest BCUT2D eigenvalue weighted by Crippen LogP contribution is 2.43. The molecule has 1 aromatic carbocycles. The molecule has 0 bridgehead atoms. The van der Waals surface area contributed by atoms with Gasteiger partial charge in [-0.15, -0.1) is 0 Å². The van der Waals surface area contributed by atoms with Crippen molar-refractivity contribution < 1.29 is 5.11 Å². The van der Waals surface area contributed by atoms with Crippen molar-refractivity contribution in [1.29, 1.82) is 0 Å². The van der Waals surface area contributed by atoms with Crippen LogP contribution in [0.5, 0.6) is 0 Å². The SMILES string of the molecule is CCCCC1CCC(CO)(Cc2c(C)cccc2C)CC1. The number of aliphatic hydroxyl groups is 1. The zero-order valence-corrected chi connectivity index (χ0v) is 14.1. The van der Waals surface area contributed by atoms with Crippen molar-refractivity contribution in [3.8, 4) is 0 Å². The Labute approximate surface area is 130 Å². The lowest BCUT2D eigenvalue weighted by atomic mass is 9.66. The van der Waals surface area contributed by atoms with Gasteiger partial charge in [0.2, 0.25) is 0 Å². The van der Waals surface area contributed by atoms with E-state index in [9.17, 15) is 5.11 Å². The number of hydrogen-bond acceptors (Lipinski definition) is 1. The lowest BCUT2D eigenvalue weighted by molar-refractivity contribution is 0.0618. The zero-order chi connectivity index (χ0) is 15.3. The molecule has 21 heavy (non-hydrogen) atoms. The summed E-state index contributed by atoms with van der Waals surface area (Å²) in [6.07, 6.45) is 10.1. The maximum Gasteiger partial charge on any atom is 0.0490 e. The molecule has 1 heteroatoms. The number of rotatable bonds is 6. The van der Waals surface area contributed by atoms with Crippen molar-refractivity contribution in [3.63, 3.8) is 0 Å². The summed E-state index contributed by atoms with van der Waals surface area (Å²) in [5, 5.41) is 10.0. The Morgan fingerprint density at radius 1 is 1.14 bits per heavy atom. The monoisotopic (exact) mass is 288 g/mol. The third-order valence-electron chi connectivity index (χ3n) is 5.66. The second kappa shape index (κ2) is 7.45. The number of benzene rings is 1. The van der Waals surface area contributed by atoms with E-state index in [1.165, 1.54) is 61.6 Å². The Hall–Kier alpha value is -0.820. The first kappa shape index (κ1) is 16.5. The van der Waals surface area contributed by atoms with Gasteiger partial charge in [-0.05, 0) is 74.0 Å². The van der Waals surface area contributed by atoms with Crippen LogP contribution in [0.15, 0.2) is 18.2 Å². The molecule has 1 nitrogen and oxygen atoms in total. The fourth-order valence-corrected chi connectivity index (χ4v) is 3.97. The van der Waals surface area contributed by atoms with Crippen LogP contribution in [0.4, 0.5) is 0 Å². The fraction of sp³-hybridized carbons (Fsp3) is 0.700. The molecule has 1 aliphatic rings. The van der Waals surface area contributed by atoms with E-state index in [2.05, 4.69) is 39.0 Å². The van der Waals surface area contributed by atoms with E-state index in [4.69, 9.17) is 0 Å². The van der Waals surface area contributed by atoms with Crippen LogP contribution in [0.3, 0.4) is 0 Å². The third-order valence-corrected chi connectivity index (χ3v) is 5.66. The van der Waals surface area contributed by atoms with E-state index >= 15 is 0 Å². The molecule has 0 radical (unpaired) electrons. The molecule has 1 aromatic rings. The summed E-state index contributed by atoms with van der Waals surface area (Å²) in [5.41, 5.74) is 4.38. The first-order valence-corrected chi connectivity index (χ1v) is 8.76. The van der Waals surface area contributed by atoms with E-state index < -0.39 is 0 Å². The summed E-state index contributed by atoms with van der Waals surface area (Å²) in [6.45, 7) is 7.05. The van der Waals surface area contributed by atoms with Crippen LogP contribution in [0.1, 0.15) is 68.6 Å². The molecule has 0 heterocycles. The number of aliphatic hydroxyl groups excluding tert-OH is 1. The zero-order valence-electron chi connectivity index (χ0n) is 14.1. The van der Waals surface area contributed by atoms with E-state index in [-0.39, 0.29) is 5.41 Å². The molecule has 0 spiro atoms. The van der Waals surface area contributed by atoms with Gasteiger partial charge < -0.3 is 5.11 Å². The molecule has 1 N–H and O–H groups in total. The van der Waals surface area contributed by atoms with E-state index in [1.807, 2.05) is 0 Å². The van der Waals surface area contributed by atoms with Gasteiger partial charge in [-0.25, -0.2) is 0 Å². The molecule has 1 saturated carbocycles. The van der Waals surface area contributed by atoms with Crippen LogP contribution >= 0.6 is 0 Å². The lowest BCUT2D eigenvalue weighted by Gasteiger charge is -2.40. The molecule has 118 valence electrons. The minimum absolute atomic E-state index is 0.138. The summed E-state index contributed by atoms with van der Waals surface area (Å²) in [7, 11) is 0. The number of unbranched alkanes of at least 4 members (excludes halogenated alkanes) is 1. The molecular formula is C20H32O. The van der Waals surface area contributed by atoms with E-state index in [1.54, 1.807) is 0 Å². The van der Waals surface area contributed by atoms with Crippen molar-refractivity contribution in [2.75, 3.05) is 6.61 Å². The van der Waals surface area contributed by atoms with Crippen molar-refractivity contribution in [2.45, 2.75) is 72.1 Å². The minimum Gasteiger partial charge on any atom is -0.396 e. The summed E-state index contributed by atoms with van der Waals surface area (Å²) in [4.78, 5) is 0. The van der Waals surface area contributed by atoms with E-state index in [0.717, 1.165) is 12.3 Å². The van der Waals surface area contributed by atoms with Gasteiger partial charge in [-0.3, -0.25) is 0 Å². The van der Waals surface area contributed by atoms with Crippen LogP contribution in [0.25, 0.3) is 0 Å². The highest BCUT2D eigenvalue weighted by molar-refractivity contribution is 5.34. The molecular weight excluding hydrogens is 256 g/mol. The molecule has 0 unspecified atom stereocenters. The van der Waals surface area contributed by atoms with Crippen molar-refractivity contribution in [3.05, 3.63) is 34.9 Å². The lowest BCUT2D eigenvalue weighted by Crippen LogP contribution is -2.33. The van der Waals surface area contributed by atoms with Gasteiger partial charge in [0, 0.05) is 6.61 Å². The molecule has 0 amide bonds. The normalized spacial score (nSPS) is 26.0. The largest absolute Gasteiger partial charge is 0.396 e. The Morgan fingerprint density at radius 2 is 1.76 bits per heavy atom. The first-order valence-electron chi connectivity index (χ1n) is 8.76. The third kappa shape index (κ3) is 4.10. The Kier molecular flexibility index (Phi) is 5.87. The average Bonchev–Trinajstić information content (AvgIpc) is 2.50. The van der Waals surface area contributed by atoms with Crippen molar-refractivity contribution in [1.82, 2.24) is 0 Å². The molecule has 0 aromatic heterocycles. The van der Waals surface area contributed by atoms with Gasteiger partial charge in [0.25, 0.3) is 0 Å². The van der Waals surface area contributed by atoms with Crippen molar-refractivity contribution >= 4 is 0 Å². The first-order chi connectivity index (χ1) is 10.1. The van der Waals surface area contributed by atoms with Crippen LogP contribution in [-0.4, -0.2) is 11.7 Å². The summed E-state index contributed by atoms with van der Waals surface area (Å²) in [6, 6.07) is 6.56. The summed E-state index contributed by atoms with van der Waals surface area (Å²) >= 11 is 0. The summed E-state index contributed by atoms with van der Waals surface area (Å²) < 4.78 is 0. The van der Waals surface area contributed by atoms with Crippen molar-refractivity contribution in [2.24, 2.45) is 11.3 Å². The average molecular weight is 288 g/mol. The maximum atomic E-state index is 10.0.